The van der Waals surface area contributed by atoms with Crippen molar-refractivity contribution in [3.05, 3.63) is 89.0 Å². The Morgan fingerprint density at radius 1 is 0.979 bits per heavy atom. The van der Waals surface area contributed by atoms with Crippen LogP contribution in [0.1, 0.15) is 87.5 Å². The number of nitrogens with one attached hydrogen (secondary N) is 1. The third-order valence-electron chi connectivity index (χ3n) is 10.6. The Hall–Kier alpha value is -3.90. The minimum absolute atomic E-state index is 0.201. The van der Waals surface area contributed by atoms with Crippen molar-refractivity contribution in [1.82, 2.24) is 14.8 Å². The number of fused-ring (bicyclic) bond motifs is 4. The summed E-state index contributed by atoms with van der Waals surface area (Å²) in [4.78, 5) is 34.9. The number of H-pyrrole nitrogens is 1. The van der Waals surface area contributed by atoms with Crippen LogP contribution in [-0.2, 0) is 15.0 Å². The highest BCUT2D eigenvalue weighted by atomic mass is 16.5. The number of nitrogens with zero attached hydrogens (tertiary/aromatic N) is 2. The monoisotopic (exact) mass is 633 g/mol. The molecule has 0 radical (unpaired) electrons. The van der Waals surface area contributed by atoms with Gasteiger partial charge in [0, 0.05) is 36.5 Å². The molecule has 3 heterocycles. The second kappa shape index (κ2) is 13.7. The van der Waals surface area contributed by atoms with E-state index >= 15 is 0 Å². The lowest BCUT2D eigenvalue weighted by atomic mass is 9.76. The van der Waals surface area contributed by atoms with Crippen LogP contribution in [0.2, 0.25) is 0 Å². The summed E-state index contributed by atoms with van der Waals surface area (Å²) in [5.74, 6) is 1.51. The Labute approximate surface area is 280 Å². The average Bonchev–Trinajstić information content (AvgIpc) is 3.44. The number of aryl methyl sites for hydroxylation is 2. The molecular weight excluding hydrogens is 582 g/mol. The van der Waals surface area contributed by atoms with Gasteiger partial charge in [-0.3, -0.25) is 9.59 Å². The molecule has 6 nitrogen and oxygen atoms in total. The van der Waals surface area contributed by atoms with Crippen LogP contribution in [-0.4, -0.2) is 59.4 Å². The smallest absolute Gasteiger partial charge is 0.311 e. The van der Waals surface area contributed by atoms with Crippen molar-refractivity contribution in [2.75, 3.05) is 26.7 Å². The number of amides is 1. The minimum Gasteiger partial charge on any atom is -0.427 e. The molecule has 0 unspecified atom stereocenters. The standard InChI is InChI=1S/C41H51N3O3/c1-27-21-28(2)23-31(22-27)39-38(29(3)25-43(6)20-10-13-37(45)47-34-11-8-7-9-12-34)35-24-32(16-19-36(35)42-39)41(4,5)40(46)44-26-30-14-17-33(44)18-15-30/h7-9,11-12,16,19,21-24,29-30,33,42H,10,13-15,17-18,20,25-26H2,1-6H3/t29-,30?,33?/m1/s1. The van der Waals surface area contributed by atoms with E-state index in [0.29, 0.717) is 24.1 Å². The number of hydrogen-bond acceptors (Lipinski definition) is 4. The van der Waals surface area contributed by atoms with E-state index in [9.17, 15) is 9.59 Å². The molecule has 248 valence electrons. The first-order valence-electron chi connectivity index (χ1n) is 17.5. The lowest BCUT2D eigenvalue weighted by Crippen LogP contribution is -2.55. The van der Waals surface area contributed by atoms with Crippen LogP contribution in [0.3, 0.4) is 0 Å². The first kappa shape index (κ1) is 33.0. The van der Waals surface area contributed by atoms with E-state index < -0.39 is 5.41 Å². The first-order chi connectivity index (χ1) is 22.5. The van der Waals surface area contributed by atoms with E-state index in [-0.39, 0.29) is 17.8 Å². The topological polar surface area (TPSA) is 65.6 Å². The number of para-hydroxylation sites is 1. The molecule has 2 bridgehead atoms. The van der Waals surface area contributed by atoms with E-state index in [1.165, 1.54) is 40.5 Å². The number of piperidine rings is 2. The molecule has 2 aliphatic heterocycles. The molecule has 2 saturated heterocycles. The number of ether oxygens (including phenoxy) is 1. The Morgan fingerprint density at radius 3 is 2.34 bits per heavy atom. The van der Waals surface area contributed by atoms with Crippen molar-refractivity contribution in [3.63, 3.8) is 0 Å². The van der Waals surface area contributed by atoms with E-state index in [1.807, 2.05) is 18.2 Å². The molecule has 3 aliphatic rings. The van der Waals surface area contributed by atoms with Gasteiger partial charge in [-0.15, -0.1) is 0 Å². The summed E-state index contributed by atoms with van der Waals surface area (Å²) in [6, 6.07) is 23.0. The third kappa shape index (κ3) is 7.18. The summed E-state index contributed by atoms with van der Waals surface area (Å²) in [5, 5.41) is 1.19. The number of carbonyl (C=O) groups is 2. The van der Waals surface area contributed by atoms with Crippen molar-refractivity contribution in [2.45, 2.75) is 90.5 Å². The molecule has 3 fully saturated rings. The minimum atomic E-state index is -0.616. The number of likely N-dealkylation sites (N-methyl/N-ethyl adjacent to an activating group) is 1. The maximum absolute atomic E-state index is 14.1. The number of esters is 1. The Kier molecular flexibility index (Phi) is 9.61. The highest BCUT2D eigenvalue weighted by Crippen LogP contribution is 2.41. The SMILES string of the molecule is Cc1cc(C)cc(-c2[nH]c3ccc(C(C)(C)C(=O)N4CC5CCC4CC5)cc3c2[C@H](C)CN(C)CCCC(=O)Oc2ccccc2)c1. The predicted octanol–water partition coefficient (Wildman–Crippen LogP) is 8.55. The molecule has 1 aromatic heterocycles. The zero-order chi connectivity index (χ0) is 33.3. The molecule has 47 heavy (non-hydrogen) atoms. The van der Waals surface area contributed by atoms with Crippen LogP contribution < -0.4 is 4.74 Å². The first-order valence-corrected chi connectivity index (χ1v) is 17.5. The maximum Gasteiger partial charge on any atom is 0.311 e. The van der Waals surface area contributed by atoms with Gasteiger partial charge >= 0.3 is 5.97 Å². The van der Waals surface area contributed by atoms with Crippen LogP contribution >= 0.6 is 0 Å². The zero-order valence-electron chi connectivity index (χ0n) is 29.1. The maximum atomic E-state index is 14.1. The van der Waals surface area contributed by atoms with Crippen LogP contribution in [0.4, 0.5) is 0 Å². The lowest BCUT2D eigenvalue weighted by Gasteiger charge is -2.47. The zero-order valence-corrected chi connectivity index (χ0v) is 29.1. The van der Waals surface area contributed by atoms with Gasteiger partial charge in [0.2, 0.25) is 5.91 Å². The molecule has 6 heteroatoms. The van der Waals surface area contributed by atoms with Crippen molar-refractivity contribution in [1.29, 1.82) is 0 Å². The number of rotatable bonds is 11. The van der Waals surface area contributed by atoms with Gasteiger partial charge < -0.3 is 19.5 Å². The van der Waals surface area contributed by atoms with Crippen molar-refractivity contribution < 1.29 is 14.3 Å². The molecular formula is C41H51N3O3. The van der Waals surface area contributed by atoms with E-state index in [1.54, 1.807) is 12.1 Å². The summed E-state index contributed by atoms with van der Waals surface area (Å²) in [7, 11) is 2.13. The molecule has 1 atom stereocenters. The fourth-order valence-electron chi connectivity index (χ4n) is 8.07. The molecule has 1 saturated carbocycles. The molecule has 1 amide bonds. The quantitative estimate of drug-likeness (QED) is 0.133. The second-order valence-electron chi connectivity index (χ2n) is 14.9. The summed E-state index contributed by atoms with van der Waals surface area (Å²) < 4.78 is 5.49. The highest BCUT2D eigenvalue weighted by molar-refractivity contribution is 5.94. The Balaban J connectivity index is 1.25. The van der Waals surface area contributed by atoms with Crippen molar-refractivity contribution in [3.8, 4) is 17.0 Å². The van der Waals surface area contributed by atoms with E-state index in [2.05, 4.69) is 92.8 Å². The van der Waals surface area contributed by atoms with Crippen molar-refractivity contribution in [2.24, 2.45) is 5.92 Å². The van der Waals surface area contributed by atoms with Gasteiger partial charge in [-0.25, -0.2) is 0 Å². The number of aromatic nitrogens is 1. The molecule has 1 aliphatic carbocycles. The van der Waals surface area contributed by atoms with Crippen LogP contribution in [0.25, 0.3) is 22.2 Å². The second-order valence-corrected chi connectivity index (χ2v) is 14.9. The lowest BCUT2D eigenvalue weighted by molar-refractivity contribution is -0.144. The molecule has 3 aromatic carbocycles. The Morgan fingerprint density at radius 2 is 1.68 bits per heavy atom. The van der Waals surface area contributed by atoms with E-state index in [4.69, 9.17) is 4.74 Å². The third-order valence-corrected chi connectivity index (χ3v) is 10.6. The van der Waals surface area contributed by atoms with Gasteiger partial charge in [-0.05, 0) is 138 Å². The highest BCUT2D eigenvalue weighted by Gasteiger charge is 2.42. The van der Waals surface area contributed by atoms with Crippen LogP contribution in [0.15, 0.2) is 66.7 Å². The molecule has 1 N–H and O–H groups in total. The van der Waals surface area contributed by atoms with Gasteiger partial charge in [0.05, 0.1) is 11.1 Å². The van der Waals surface area contributed by atoms with Crippen molar-refractivity contribution >= 4 is 22.8 Å². The van der Waals surface area contributed by atoms with Crippen LogP contribution in [0.5, 0.6) is 5.75 Å². The molecule has 7 rings (SSSR count). The summed E-state index contributed by atoms with van der Waals surface area (Å²) in [6.45, 7) is 13.3. The predicted molar refractivity (Wildman–Crippen MR) is 191 cm³/mol. The van der Waals surface area contributed by atoms with Gasteiger partial charge in [0.1, 0.15) is 5.75 Å². The van der Waals surface area contributed by atoms with Gasteiger partial charge in [-0.2, -0.15) is 0 Å². The largest absolute Gasteiger partial charge is 0.427 e. The summed E-state index contributed by atoms with van der Waals surface area (Å²) in [6.07, 6.45) is 5.92. The number of carbonyl (C=O) groups excluding carboxylic acids is 2. The fourth-order valence-corrected chi connectivity index (χ4v) is 8.07. The van der Waals surface area contributed by atoms with Gasteiger partial charge in [0.25, 0.3) is 0 Å². The van der Waals surface area contributed by atoms with Crippen LogP contribution in [0, 0.1) is 19.8 Å². The fraction of sp³-hybridized carbons (Fsp3) is 0.463. The van der Waals surface area contributed by atoms with Gasteiger partial charge in [-0.1, -0.05) is 48.4 Å². The van der Waals surface area contributed by atoms with E-state index in [0.717, 1.165) is 55.7 Å². The summed E-state index contributed by atoms with van der Waals surface area (Å²) >= 11 is 0. The summed E-state index contributed by atoms with van der Waals surface area (Å²) in [5.41, 5.74) is 7.64. The number of benzene rings is 3. The molecule has 4 aromatic rings. The number of hydrogen-bond donors (Lipinski definition) is 1. The van der Waals surface area contributed by atoms with Gasteiger partial charge in [0.15, 0.2) is 0 Å². The average molecular weight is 634 g/mol. The molecule has 0 spiro atoms. The number of aromatic amines is 1. The normalized spacial score (nSPS) is 18.6. The Bertz CT molecular complexity index is 1710.